The highest BCUT2D eigenvalue weighted by Gasteiger charge is 2.15. The molecule has 0 aliphatic rings. The van der Waals surface area contributed by atoms with E-state index in [4.69, 9.17) is 0 Å². The molecule has 12 heavy (non-hydrogen) atoms. The molecule has 0 heterocycles. The van der Waals surface area contributed by atoms with Gasteiger partial charge in [0.2, 0.25) is 0 Å². The Balaban J connectivity index is 3.93. The summed E-state index contributed by atoms with van der Waals surface area (Å²) in [7, 11) is 9.54. The molecule has 0 aromatic rings. The zero-order valence-corrected chi connectivity index (χ0v) is 8.66. The topological polar surface area (TPSA) is 20.3 Å². The number of rotatable bonds is 3. The number of carbonyl (C=O) groups is 1. The molecule has 0 N–H and O–H groups in total. The highest BCUT2D eigenvalue weighted by Crippen LogP contribution is 1.93. The summed E-state index contributed by atoms with van der Waals surface area (Å²) in [4.78, 5) is 13.3. The highest BCUT2D eigenvalue weighted by atomic mass is 16.2. The number of carbonyl (C=O) groups excluding carboxylic acids is 1. The molecule has 3 nitrogen and oxygen atoms in total. The lowest BCUT2D eigenvalue weighted by Crippen LogP contribution is -2.39. The van der Waals surface area contributed by atoms with Crippen LogP contribution in [0.4, 0.5) is 0 Å². The molecule has 0 bridgehead atoms. The van der Waals surface area contributed by atoms with Crippen LogP contribution in [0.25, 0.3) is 0 Å². The van der Waals surface area contributed by atoms with Gasteiger partial charge in [-0.15, -0.1) is 0 Å². The van der Waals surface area contributed by atoms with Crippen LogP contribution in [-0.2, 0) is 4.79 Å². The van der Waals surface area contributed by atoms with Crippen LogP contribution in [0.1, 0.15) is 0 Å². The Morgan fingerprint density at radius 3 is 2.17 bits per heavy atom. The second-order valence-corrected chi connectivity index (χ2v) is 4.02. The van der Waals surface area contributed by atoms with Gasteiger partial charge in [0.1, 0.15) is 0 Å². The summed E-state index contributed by atoms with van der Waals surface area (Å²) in [5, 5.41) is 0. The molecule has 0 unspecified atom stereocenters. The predicted octanol–water partition coefficient (Wildman–Crippen LogP) is 0.337. The molecule has 1 amide bonds. The first-order valence-electron chi connectivity index (χ1n) is 4.01. The maximum absolute atomic E-state index is 11.3. The number of amides is 1. The predicted molar refractivity (Wildman–Crippen MR) is 50.7 cm³/mol. The van der Waals surface area contributed by atoms with Gasteiger partial charge in [-0.2, -0.15) is 0 Å². The SMILES string of the molecule is CN(C)C/C=C/C(=O)[N+](C)(C)C. The normalized spacial score (nSPS) is 12.8. The minimum Gasteiger partial charge on any atom is -0.306 e. The van der Waals surface area contributed by atoms with E-state index in [-0.39, 0.29) is 5.91 Å². The van der Waals surface area contributed by atoms with E-state index in [1.54, 1.807) is 6.08 Å². The van der Waals surface area contributed by atoms with Crippen LogP contribution in [0, 0.1) is 0 Å². The maximum Gasteiger partial charge on any atom is 0.337 e. The van der Waals surface area contributed by atoms with Crippen molar-refractivity contribution >= 4 is 5.91 Å². The van der Waals surface area contributed by atoms with Crippen molar-refractivity contribution in [2.24, 2.45) is 0 Å². The second-order valence-electron chi connectivity index (χ2n) is 4.02. The second kappa shape index (κ2) is 4.38. The summed E-state index contributed by atoms with van der Waals surface area (Å²) in [6.07, 6.45) is 3.52. The Kier molecular flexibility index (Phi) is 4.13. The van der Waals surface area contributed by atoms with Crippen molar-refractivity contribution in [1.29, 1.82) is 0 Å². The largest absolute Gasteiger partial charge is 0.337 e. The molecular weight excluding hydrogens is 152 g/mol. The third-order valence-electron chi connectivity index (χ3n) is 1.39. The zero-order valence-electron chi connectivity index (χ0n) is 8.66. The van der Waals surface area contributed by atoms with Crippen LogP contribution < -0.4 is 0 Å². The van der Waals surface area contributed by atoms with Gasteiger partial charge in [-0.05, 0) is 14.1 Å². The molecule has 70 valence electrons. The first-order chi connectivity index (χ1) is 5.34. The smallest absolute Gasteiger partial charge is 0.306 e. The Morgan fingerprint density at radius 2 is 1.83 bits per heavy atom. The Labute approximate surface area is 74.9 Å². The van der Waals surface area contributed by atoms with Crippen LogP contribution in [0.3, 0.4) is 0 Å². The third kappa shape index (κ3) is 5.04. The van der Waals surface area contributed by atoms with Crippen molar-refractivity contribution in [1.82, 2.24) is 4.90 Å². The molecule has 0 aliphatic heterocycles. The first kappa shape index (κ1) is 11.3. The van der Waals surface area contributed by atoms with Gasteiger partial charge < -0.3 is 4.90 Å². The van der Waals surface area contributed by atoms with Crippen molar-refractivity contribution in [3.8, 4) is 0 Å². The lowest BCUT2D eigenvalue weighted by molar-refractivity contribution is -0.789. The molecule has 0 spiro atoms. The molecule has 0 aliphatic carbocycles. The van der Waals surface area contributed by atoms with Gasteiger partial charge in [-0.25, -0.2) is 4.79 Å². The number of quaternary nitrogens is 1. The molecule has 0 atom stereocenters. The summed E-state index contributed by atoms with van der Waals surface area (Å²) < 4.78 is 0.351. The van der Waals surface area contributed by atoms with Crippen molar-refractivity contribution in [3.05, 3.63) is 12.2 Å². The van der Waals surface area contributed by atoms with Crippen molar-refractivity contribution in [2.45, 2.75) is 0 Å². The van der Waals surface area contributed by atoms with Crippen LogP contribution in [0.15, 0.2) is 12.2 Å². The van der Waals surface area contributed by atoms with Gasteiger partial charge in [-0.3, -0.25) is 4.48 Å². The Bertz CT molecular complexity index is 177. The molecule has 0 saturated carbocycles. The van der Waals surface area contributed by atoms with Crippen molar-refractivity contribution < 1.29 is 9.28 Å². The lowest BCUT2D eigenvalue weighted by atomic mass is 10.4. The Hall–Kier alpha value is -0.670. The van der Waals surface area contributed by atoms with Gasteiger partial charge >= 0.3 is 5.91 Å². The van der Waals surface area contributed by atoms with E-state index in [1.807, 2.05) is 46.2 Å². The standard InChI is InChI=1S/C9H19N2O/c1-10(2)8-6-7-9(12)11(3,4)5/h6-7H,8H2,1-5H3/q+1/b7-6+. The summed E-state index contributed by atoms with van der Waals surface area (Å²) in [6.45, 7) is 0.811. The molecule has 0 aromatic carbocycles. The molecule has 0 fully saturated rings. The number of hydrogen-bond donors (Lipinski definition) is 0. The summed E-state index contributed by atoms with van der Waals surface area (Å²) in [5.74, 6) is 0.122. The van der Waals surface area contributed by atoms with Gasteiger partial charge in [0.15, 0.2) is 0 Å². The number of nitrogens with zero attached hydrogens (tertiary/aromatic N) is 2. The van der Waals surface area contributed by atoms with Crippen LogP contribution in [0.2, 0.25) is 0 Å². The number of likely N-dealkylation sites (N-methyl/N-ethyl adjacent to an activating group) is 2. The van der Waals surface area contributed by atoms with Crippen molar-refractivity contribution in [3.63, 3.8) is 0 Å². The molecule has 3 heteroatoms. The average molecular weight is 171 g/mol. The number of hydrogen-bond acceptors (Lipinski definition) is 2. The van der Waals surface area contributed by atoms with Gasteiger partial charge in [0.05, 0.1) is 21.1 Å². The highest BCUT2D eigenvalue weighted by molar-refractivity contribution is 5.81. The minimum atomic E-state index is 0.122. The van der Waals surface area contributed by atoms with Crippen LogP contribution in [0.5, 0.6) is 0 Å². The Morgan fingerprint density at radius 1 is 1.33 bits per heavy atom. The van der Waals surface area contributed by atoms with E-state index >= 15 is 0 Å². The molecule has 0 aromatic heterocycles. The van der Waals surface area contributed by atoms with E-state index in [1.165, 1.54) is 0 Å². The summed E-state index contributed by atoms with van der Waals surface area (Å²) >= 11 is 0. The third-order valence-corrected chi connectivity index (χ3v) is 1.39. The maximum atomic E-state index is 11.3. The van der Waals surface area contributed by atoms with E-state index < -0.39 is 0 Å². The van der Waals surface area contributed by atoms with Gasteiger partial charge in [0.25, 0.3) is 0 Å². The molecular formula is C9H19N2O+. The van der Waals surface area contributed by atoms with E-state index in [2.05, 4.69) is 0 Å². The quantitative estimate of drug-likeness (QED) is 0.451. The lowest BCUT2D eigenvalue weighted by Gasteiger charge is -2.18. The van der Waals surface area contributed by atoms with Crippen LogP contribution in [-0.4, -0.2) is 57.1 Å². The molecule has 0 saturated heterocycles. The fourth-order valence-electron chi connectivity index (χ4n) is 0.588. The fourth-order valence-corrected chi connectivity index (χ4v) is 0.588. The first-order valence-corrected chi connectivity index (χ1v) is 4.01. The molecule has 0 radical (unpaired) electrons. The monoisotopic (exact) mass is 171 g/mol. The average Bonchev–Trinajstić information content (AvgIpc) is 1.84. The van der Waals surface area contributed by atoms with Gasteiger partial charge in [0, 0.05) is 12.6 Å². The van der Waals surface area contributed by atoms with E-state index in [9.17, 15) is 4.79 Å². The summed E-state index contributed by atoms with van der Waals surface area (Å²) in [5.41, 5.74) is 0. The zero-order chi connectivity index (χ0) is 9.78. The van der Waals surface area contributed by atoms with Gasteiger partial charge in [-0.1, -0.05) is 6.08 Å². The van der Waals surface area contributed by atoms with E-state index in [0.29, 0.717) is 4.48 Å². The fraction of sp³-hybridized carbons (Fsp3) is 0.667. The van der Waals surface area contributed by atoms with Crippen LogP contribution >= 0.6 is 0 Å². The minimum absolute atomic E-state index is 0.122. The summed E-state index contributed by atoms with van der Waals surface area (Å²) in [6, 6.07) is 0. The van der Waals surface area contributed by atoms with Crippen molar-refractivity contribution in [2.75, 3.05) is 41.8 Å². The van der Waals surface area contributed by atoms with E-state index in [0.717, 1.165) is 6.54 Å². The molecule has 0 rings (SSSR count).